The lowest BCUT2D eigenvalue weighted by Crippen LogP contribution is -2.39. The molecule has 2 unspecified atom stereocenters. The van der Waals surface area contributed by atoms with E-state index in [0.717, 1.165) is 6.92 Å². The molecule has 2 atom stereocenters. The van der Waals surface area contributed by atoms with E-state index in [4.69, 9.17) is 9.29 Å². The van der Waals surface area contributed by atoms with Crippen LogP contribution in [0.5, 0.6) is 0 Å². The number of imide groups is 1. The molecule has 0 aromatic heterocycles. The molecule has 0 spiro atoms. The molecule has 140 valence electrons. The van der Waals surface area contributed by atoms with Crippen molar-refractivity contribution in [1.29, 1.82) is 0 Å². The van der Waals surface area contributed by atoms with Crippen LogP contribution in [0.4, 0.5) is 0 Å². The lowest BCUT2D eigenvalue weighted by atomic mass is 10.2. The van der Waals surface area contributed by atoms with E-state index in [9.17, 15) is 27.6 Å². The number of hydrogen-bond donors (Lipinski definition) is 1. The molecule has 1 aromatic rings. The maximum Gasteiger partial charge on any atom is 0.347 e. The number of carbonyl (C=O) groups is 4. The Balaban J connectivity index is 1.95. The molecule has 11 heteroatoms. The first-order chi connectivity index (χ1) is 12.1. The normalized spacial score (nSPS) is 18.5. The minimum atomic E-state index is -4.82. The van der Waals surface area contributed by atoms with Gasteiger partial charge in [0.2, 0.25) is 0 Å². The Kier molecular flexibility index (Phi) is 5.73. The zero-order valence-electron chi connectivity index (χ0n) is 13.5. The highest BCUT2D eigenvalue weighted by molar-refractivity contribution is 7.87. The smallest absolute Gasteiger partial charge is 0.347 e. The quantitative estimate of drug-likeness (QED) is 0.305. The van der Waals surface area contributed by atoms with Crippen LogP contribution >= 0.6 is 0 Å². The molecule has 0 bridgehead atoms. The van der Waals surface area contributed by atoms with Crippen molar-refractivity contribution in [2.75, 3.05) is 0 Å². The summed E-state index contributed by atoms with van der Waals surface area (Å²) < 4.78 is 35.9. The summed E-state index contributed by atoms with van der Waals surface area (Å²) in [6.45, 7) is 1.05. The number of esters is 1. The van der Waals surface area contributed by atoms with Crippen molar-refractivity contribution in [3.63, 3.8) is 0 Å². The van der Waals surface area contributed by atoms with Crippen molar-refractivity contribution < 1.29 is 41.7 Å². The van der Waals surface area contributed by atoms with Gasteiger partial charge in [0, 0.05) is 0 Å². The van der Waals surface area contributed by atoms with Gasteiger partial charge in [0.15, 0.2) is 11.2 Å². The summed E-state index contributed by atoms with van der Waals surface area (Å²) in [4.78, 5) is 51.7. The van der Waals surface area contributed by atoms with E-state index in [1.807, 2.05) is 0 Å². The molecule has 0 aliphatic carbocycles. The van der Waals surface area contributed by atoms with Gasteiger partial charge in [-0.25, -0.2) is 4.79 Å². The van der Waals surface area contributed by atoms with Gasteiger partial charge in [-0.3, -0.25) is 18.9 Å². The summed E-state index contributed by atoms with van der Waals surface area (Å²) >= 11 is 0. The average molecular weight is 385 g/mol. The van der Waals surface area contributed by atoms with Crippen molar-refractivity contribution in [2.24, 2.45) is 5.92 Å². The van der Waals surface area contributed by atoms with Crippen molar-refractivity contribution >= 4 is 33.9 Å². The number of ether oxygens (including phenoxy) is 1. The van der Waals surface area contributed by atoms with Crippen LogP contribution < -0.4 is 0 Å². The van der Waals surface area contributed by atoms with Gasteiger partial charge in [0.1, 0.15) is 6.61 Å². The molecular weight excluding hydrogens is 370 g/mol. The fraction of sp³-hybridized carbons (Fsp3) is 0.333. The summed E-state index contributed by atoms with van der Waals surface area (Å²) in [5.41, 5.74) is 0.683. The Morgan fingerprint density at radius 3 is 2.38 bits per heavy atom. The number of nitrogens with zero attached hydrogens (tertiary/aromatic N) is 1. The second-order valence-corrected chi connectivity index (χ2v) is 7.06. The second-order valence-electron chi connectivity index (χ2n) is 5.46. The van der Waals surface area contributed by atoms with Crippen LogP contribution in [0.1, 0.15) is 18.9 Å². The van der Waals surface area contributed by atoms with E-state index in [-0.39, 0.29) is 11.7 Å². The number of hydrogen-bond acceptors (Lipinski definition) is 8. The van der Waals surface area contributed by atoms with Gasteiger partial charge in [-0.15, -0.1) is 5.06 Å². The summed E-state index contributed by atoms with van der Waals surface area (Å²) in [6, 6.07) is 8.64. The van der Waals surface area contributed by atoms with Crippen LogP contribution in [0, 0.1) is 5.92 Å². The molecule has 1 aliphatic rings. The summed E-state index contributed by atoms with van der Waals surface area (Å²) in [6.07, 6.45) is -0.863. The Morgan fingerprint density at radius 2 is 1.85 bits per heavy atom. The number of rotatable bonds is 6. The van der Waals surface area contributed by atoms with Crippen LogP contribution in [-0.2, 0) is 45.5 Å². The Bertz CT molecular complexity index is 834. The van der Waals surface area contributed by atoms with E-state index in [1.165, 1.54) is 0 Å². The molecule has 1 aliphatic heterocycles. The Hall–Kier alpha value is -2.79. The first-order valence-electron chi connectivity index (χ1n) is 7.36. The van der Waals surface area contributed by atoms with Crippen LogP contribution in [0.25, 0.3) is 0 Å². The first-order valence-corrected chi connectivity index (χ1v) is 8.87. The van der Waals surface area contributed by atoms with Gasteiger partial charge < -0.3 is 9.57 Å². The zero-order valence-corrected chi connectivity index (χ0v) is 14.3. The molecule has 1 heterocycles. The lowest BCUT2D eigenvalue weighted by Gasteiger charge is -2.16. The highest BCUT2D eigenvalue weighted by atomic mass is 32.2. The summed E-state index contributed by atoms with van der Waals surface area (Å²) in [5.74, 6) is -6.24. The standard InChI is InChI=1S/C15H15NO9S/c1-9(14(19)24-8-10-5-3-2-4-6-10)15(20)25-16-12(17)7-11(13(16)18)26(21,22)23/h2-6,9,11H,7-8H2,1H3,(H,21,22,23). The highest BCUT2D eigenvalue weighted by Gasteiger charge is 2.49. The van der Waals surface area contributed by atoms with E-state index in [2.05, 4.69) is 4.84 Å². The zero-order chi connectivity index (χ0) is 19.5. The fourth-order valence-corrected chi connectivity index (χ4v) is 2.73. The predicted molar refractivity (Wildman–Crippen MR) is 83.3 cm³/mol. The Labute approximate surface area is 148 Å². The molecule has 1 saturated heterocycles. The maximum atomic E-state index is 11.9. The highest BCUT2D eigenvalue weighted by Crippen LogP contribution is 2.20. The molecule has 1 N–H and O–H groups in total. The third-order valence-electron chi connectivity index (χ3n) is 3.53. The SMILES string of the molecule is CC(C(=O)OCc1ccccc1)C(=O)ON1C(=O)CC(S(=O)(=O)O)C1=O. The molecule has 10 nitrogen and oxygen atoms in total. The van der Waals surface area contributed by atoms with Crippen LogP contribution in [0.15, 0.2) is 30.3 Å². The summed E-state index contributed by atoms with van der Waals surface area (Å²) in [7, 11) is -4.82. The fourth-order valence-electron chi connectivity index (χ4n) is 2.03. The minimum Gasteiger partial charge on any atom is -0.460 e. The number of carbonyl (C=O) groups excluding carboxylic acids is 4. The monoisotopic (exact) mass is 385 g/mol. The molecule has 2 rings (SSSR count). The van der Waals surface area contributed by atoms with Gasteiger partial charge in [0.05, 0.1) is 6.42 Å². The van der Waals surface area contributed by atoms with Gasteiger partial charge in [-0.1, -0.05) is 30.3 Å². The van der Waals surface area contributed by atoms with Gasteiger partial charge >= 0.3 is 11.9 Å². The van der Waals surface area contributed by atoms with Crippen LogP contribution in [0.2, 0.25) is 0 Å². The maximum absolute atomic E-state index is 11.9. The summed E-state index contributed by atoms with van der Waals surface area (Å²) in [5, 5.41) is -2.11. The van der Waals surface area contributed by atoms with Gasteiger partial charge in [0.25, 0.3) is 21.9 Å². The number of benzene rings is 1. The molecule has 0 radical (unpaired) electrons. The molecule has 2 amide bonds. The third kappa shape index (κ3) is 4.43. The van der Waals surface area contributed by atoms with E-state index in [1.54, 1.807) is 30.3 Å². The van der Waals surface area contributed by atoms with E-state index >= 15 is 0 Å². The topological polar surface area (TPSA) is 144 Å². The molecule has 0 saturated carbocycles. The largest absolute Gasteiger partial charge is 0.460 e. The Morgan fingerprint density at radius 1 is 1.23 bits per heavy atom. The molecule has 1 fully saturated rings. The van der Waals surface area contributed by atoms with E-state index < -0.39 is 51.5 Å². The second kappa shape index (κ2) is 7.62. The van der Waals surface area contributed by atoms with Crippen molar-refractivity contribution in [1.82, 2.24) is 5.06 Å². The van der Waals surface area contributed by atoms with Crippen LogP contribution in [0.3, 0.4) is 0 Å². The van der Waals surface area contributed by atoms with Crippen molar-refractivity contribution in [3.8, 4) is 0 Å². The molecule has 26 heavy (non-hydrogen) atoms. The third-order valence-corrected chi connectivity index (χ3v) is 4.62. The lowest BCUT2D eigenvalue weighted by molar-refractivity contribution is -0.202. The predicted octanol–water partition coefficient (Wildman–Crippen LogP) is -0.161. The molecular formula is C15H15NO9S. The van der Waals surface area contributed by atoms with Crippen molar-refractivity contribution in [2.45, 2.75) is 25.2 Å². The molecule has 1 aromatic carbocycles. The van der Waals surface area contributed by atoms with Gasteiger partial charge in [-0.05, 0) is 12.5 Å². The average Bonchev–Trinajstić information content (AvgIpc) is 2.88. The number of amides is 2. The van der Waals surface area contributed by atoms with Gasteiger partial charge in [-0.2, -0.15) is 8.42 Å². The number of hydroxylamine groups is 2. The first kappa shape index (κ1) is 19.5. The van der Waals surface area contributed by atoms with Crippen molar-refractivity contribution in [3.05, 3.63) is 35.9 Å². The minimum absolute atomic E-state index is 0.0677. The van der Waals surface area contributed by atoms with Crippen LogP contribution in [-0.4, -0.2) is 47.0 Å². The van der Waals surface area contributed by atoms with E-state index in [0.29, 0.717) is 5.56 Å².